The number of carboxylic acids is 1. The van der Waals surface area contributed by atoms with E-state index in [1.807, 2.05) is 24.3 Å². The Bertz CT molecular complexity index is 1520. The largest absolute Gasteiger partial charge is 0.493 e. The van der Waals surface area contributed by atoms with Crippen LogP contribution in [-0.4, -0.2) is 22.2 Å². The van der Waals surface area contributed by atoms with Crippen molar-refractivity contribution in [2.45, 2.75) is 19.4 Å². The molecule has 6 heteroatoms. The molecule has 4 aromatic carbocycles. The van der Waals surface area contributed by atoms with Crippen molar-refractivity contribution < 1.29 is 14.6 Å². The smallest absolute Gasteiger partial charge is 0.337 e. The van der Waals surface area contributed by atoms with Gasteiger partial charge in [-0.1, -0.05) is 83.9 Å². The molecule has 1 aromatic heterocycles. The van der Waals surface area contributed by atoms with E-state index >= 15 is 0 Å². The zero-order valence-corrected chi connectivity index (χ0v) is 21.7. The molecule has 5 aromatic rings. The van der Waals surface area contributed by atoms with E-state index in [0.717, 1.165) is 22.2 Å². The van der Waals surface area contributed by atoms with E-state index in [0.29, 0.717) is 23.8 Å². The van der Waals surface area contributed by atoms with Crippen LogP contribution in [0.15, 0.2) is 97.1 Å². The molecule has 0 spiro atoms. The Morgan fingerprint density at radius 2 is 1.54 bits per heavy atom. The molecule has 0 atom stereocenters. The highest BCUT2D eigenvalue weighted by Gasteiger charge is 2.23. The number of ether oxygens (including phenoxy) is 1. The van der Waals surface area contributed by atoms with Crippen molar-refractivity contribution in [2.24, 2.45) is 0 Å². The van der Waals surface area contributed by atoms with Crippen molar-refractivity contribution in [3.63, 3.8) is 0 Å². The van der Waals surface area contributed by atoms with Crippen LogP contribution in [0, 0.1) is 6.92 Å². The highest BCUT2D eigenvalue weighted by Crippen LogP contribution is 2.37. The van der Waals surface area contributed by atoms with Crippen molar-refractivity contribution in [1.82, 2.24) is 4.57 Å². The first-order valence-electron chi connectivity index (χ1n) is 12.0. The molecule has 186 valence electrons. The van der Waals surface area contributed by atoms with E-state index in [1.165, 1.54) is 17.2 Å². The van der Waals surface area contributed by atoms with Gasteiger partial charge in [-0.25, -0.2) is 4.79 Å². The summed E-state index contributed by atoms with van der Waals surface area (Å²) in [5.41, 5.74) is 5.83. The van der Waals surface area contributed by atoms with E-state index < -0.39 is 5.97 Å². The normalized spacial score (nSPS) is 11.2. The molecule has 0 radical (unpaired) electrons. The fourth-order valence-electron chi connectivity index (χ4n) is 4.92. The average Bonchev–Trinajstić information content (AvgIpc) is 3.16. The van der Waals surface area contributed by atoms with Crippen molar-refractivity contribution in [2.75, 3.05) is 6.61 Å². The summed E-state index contributed by atoms with van der Waals surface area (Å²) in [6.45, 7) is 2.54. The fourth-order valence-corrected chi connectivity index (χ4v) is 5.34. The maximum Gasteiger partial charge on any atom is 0.337 e. The van der Waals surface area contributed by atoms with Gasteiger partial charge < -0.3 is 14.4 Å². The van der Waals surface area contributed by atoms with Crippen LogP contribution in [0.1, 0.15) is 38.8 Å². The summed E-state index contributed by atoms with van der Waals surface area (Å²) < 4.78 is 8.36. The quantitative estimate of drug-likeness (QED) is 0.220. The van der Waals surface area contributed by atoms with Crippen LogP contribution < -0.4 is 4.74 Å². The summed E-state index contributed by atoms with van der Waals surface area (Å²) in [6.07, 6.45) is 0.643. The topological polar surface area (TPSA) is 51.5 Å². The monoisotopic (exact) mass is 529 g/mol. The molecule has 0 aliphatic carbocycles. The minimum atomic E-state index is -1.07. The molecule has 0 saturated carbocycles. The van der Waals surface area contributed by atoms with Gasteiger partial charge in [0.25, 0.3) is 0 Å². The lowest BCUT2D eigenvalue weighted by atomic mass is 9.98. The maximum absolute atomic E-state index is 11.2. The molecule has 0 bridgehead atoms. The lowest BCUT2D eigenvalue weighted by Crippen LogP contribution is -2.14. The van der Waals surface area contributed by atoms with Crippen LogP contribution in [0.25, 0.3) is 10.9 Å². The van der Waals surface area contributed by atoms with Gasteiger partial charge in [-0.3, -0.25) is 0 Å². The number of hydrogen-bond acceptors (Lipinski definition) is 2. The van der Waals surface area contributed by atoms with E-state index in [2.05, 4.69) is 66.1 Å². The Morgan fingerprint density at radius 1 is 0.892 bits per heavy atom. The number of nitrogens with zero attached hydrogens (tertiary/aromatic N) is 1. The van der Waals surface area contributed by atoms with Gasteiger partial charge in [0.15, 0.2) is 0 Å². The molecule has 1 N–H and O–H groups in total. The number of rotatable bonds is 8. The third kappa shape index (κ3) is 5.08. The second kappa shape index (κ2) is 10.7. The predicted molar refractivity (Wildman–Crippen MR) is 149 cm³/mol. The van der Waals surface area contributed by atoms with Gasteiger partial charge in [-0.15, -0.1) is 0 Å². The van der Waals surface area contributed by atoms with Gasteiger partial charge in [-0.2, -0.15) is 0 Å². The minimum absolute atomic E-state index is 0.0110. The van der Waals surface area contributed by atoms with Gasteiger partial charge >= 0.3 is 5.97 Å². The molecule has 1 heterocycles. The number of benzene rings is 4. The second-order valence-corrected chi connectivity index (χ2v) is 9.71. The number of aromatic carboxylic acids is 1. The van der Waals surface area contributed by atoms with Gasteiger partial charge in [0.1, 0.15) is 5.75 Å². The Morgan fingerprint density at radius 3 is 2.14 bits per heavy atom. The van der Waals surface area contributed by atoms with Gasteiger partial charge in [0.2, 0.25) is 0 Å². The summed E-state index contributed by atoms with van der Waals surface area (Å²) >= 11 is 12.6. The number of halogens is 2. The summed E-state index contributed by atoms with van der Waals surface area (Å²) in [6, 6.07) is 31.6. The second-order valence-electron chi connectivity index (χ2n) is 8.86. The third-order valence-corrected chi connectivity index (χ3v) is 7.17. The molecule has 0 unspecified atom stereocenters. The molecule has 0 fully saturated rings. The third-order valence-electron chi connectivity index (χ3n) is 6.62. The summed E-state index contributed by atoms with van der Waals surface area (Å²) in [5.74, 6) is -0.538. The molecular formula is C31H25Cl2NO3. The first kappa shape index (κ1) is 24.9. The molecule has 0 aliphatic heterocycles. The van der Waals surface area contributed by atoms with Crippen molar-refractivity contribution in [1.29, 1.82) is 0 Å². The predicted octanol–water partition coefficient (Wildman–Crippen LogP) is 8.21. The molecular weight excluding hydrogens is 505 g/mol. The van der Waals surface area contributed by atoms with Crippen LogP contribution in [0.5, 0.6) is 5.75 Å². The van der Waals surface area contributed by atoms with Crippen LogP contribution in [0.4, 0.5) is 0 Å². The SMILES string of the molecule is Cc1c(CCOc2ccc(C(=O)O)c(Cl)c2)c2cc(Cl)ccc2n1C(c1ccccc1)c1ccccc1. The van der Waals surface area contributed by atoms with E-state index in [-0.39, 0.29) is 16.6 Å². The van der Waals surface area contributed by atoms with Gasteiger partial charge in [-0.05, 0) is 60.0 Å². The Balaban J connectivity index is 1.54. The molecule has 0 aliphatic rings. The zero-order valence-electron chi connectivity index (χ0n) is 20.2. The van der Waals surface area contributed by atoms with E-state index in [9.17, 15) is 9.90 Å². The number of fused-ring (bicyclic) bond motifs is 1. The Hall–Kier alpha value is -3.73. The lowest BCUT2D eigenvalue weighted by Gasteiger charge is -2.23. The number of hydrogen-bond donors (Lipinski definition) is 1. The first-order chi connectivity index (χ1) is 17.9. The molecule has 0 saturated heterocycles. The summed E-state index contributed by atoms with van der Waals surface area (Å²) in [5, 5.41) is 11.1. The number of carboxylic acid groups (broad SMARTS) is 1. The average molecular weight is 530 g/mol. The van der Waals surface area contributed by atoms with Crippen LogP contribution in [0.3, 0.4) is 0 Å². The van der Waals surface area contributed by atoms with Crippen molar-refractivity contribution in [3.8, 4) is 5.75 Å². The van der Waals surface area contributed by atoms with Crippen molar-refractivity contribution in [3.05, 3.63) is 135 Å². The highest BCUT2D eigenvalue weighted by atomic mass is 35.5. The molecule has 37 heavy (non-hydrogen) atoms. The number of carbonyl (C=O) groups is 1. The van der Waals surface area contributed by atoms with E-state index in [1.54, 1.807) is 12.1 Å². The molecule has 5 rings (SSSR count). The maximum atomic E-state index is 11.2. The Labute approximate surface area is 225 Å². The van der Waals surface area contributed by atoms with Gasteiger partial charge in [0.05, 0.1) is 23.2 Å². The number of aromatic nitrogens is 1. The van der Waals surface area contributed by atoms with Crippen molar-refractivity contribution >= 4 is 40.1 Å². The van der Waals surface area contributed by atoms with Crippen LogP contribution in [0.2, 0.25) is 10.0 Å². The van der Waals surface area contributed by atoms with Gasteiger partial charge in [0, 0.05) is 28.0 Å². The lowest BCUT2D eigenvalue weighted by molar-refractivity contribution is 0.0697. The Kier molecular flexibility index (Phi) is 7.22. The van der Waals surface area contributed by atoms with E-state index in [4.69, 9.17) is 27.9 Å². The molecule has 4 nitrogen and oxygen atoms in total. The minimum Gasteiger partial charge on any atom is -0.493 e. The first-order valence-corrected chi connectivity index (χ1v) is 12.7. The molecule has 0 amide bonds. The summed E-state index contributed by atoms with van der Waals surface area (Å²) in [4.78, 5) is 11.2. The summed E-state index contributed by atoms with van der Waals surface area (Å²) in [7, 11) is 0. The van der Waals surface area contributed by atoms with Crippen LogP contribution in [-0.2, 0) is 6.42 Å². The van der Waals surface area contributed by atoms with Crippen LogP contribution >= 0.6 is 23.2 Å². The fraction of sp³-hybridized carbons (Fsp3) is 0.129. The zero-order chi connectivity index (χ0) is 25.9. The standard InChI is InChI=1S/C31H25Cl2NO3/c1-20-25(16-17-37-24-13-14-26(31(35)36)28(33)19-24)27-18-23(32)12-15-29(27)34(20)30(21-8-4-2-5-9-21)22-10-6-3-7-11-22/h2-15,18-19,30H,16-17H2,1H3,(H,35,36). The highest BCUT2D eigenvalue weighted by molar-refractivity contribution is 6.33.